The van der Waals surface area contributed by atoms with Gasteiger partial charge >= 0.3 is 0 Å². The molecule has 0 aliphatic rings. The molecule has 2 aromatic heterocycles. The molecule has 0 amide bonds. The summed E-state index contributed by atoms with van der Waals surface area (Å²) >= 11 is 19.1. The largest absolute Gasteiger partial charge is 0.260 e. The average molecular weight is 336 g/mol. The molecule has 0 aliphatic heterocycles. The Kier molecular flexibility index (Phi) is 4.62. The third-order valence-electron chi connectivity index (χ3n) is 2.29. The maximum Gasteiger partial charge on any atom is 0.166 e. The predicted octanol–water partition coefficient (Wildman–Crippen LogP) is 4.64. The minimum Gasteiger partial charge on any atom is -0.260 e. The van der Waals surface area contributed by atoms with Crippen LogP contribution >= 0.6 is 46.1 Å². The first-order valence-corrected chi connectivity index (χ1v) is 7.22. The Morgan fingerprint density at radius 1 is 1.32 bits per heavy atom. The SMILES string of the molecule is C/C(=N\Nc1nc(Cl)c(Cl)cc1Cl)c1scnc1C. The Labute approximate surface area is 129 Å². The molecule has 4 nitrogen and oxygen atoms in total. The zero-order chi connectivity index (χ0) is 14.0. The Hall–Kier alpha value is -0.880. The third kappa shape index (κ3) is 3.36. The molecule has 0 radical (unpaired) electrons. The number of hydrogen-bond acceptors (Lipinski definition) is 5. The first-order valence-electron chi connectivity index (χ1n) is 5.21. The summed E-state index contributed by atoms with van der Waals surface area (Å²) in [5.41, 5.74) is 6.28. The van der Waals surface area contributed by atoms with Gasteiger partial charge in [-0.05, 0) is 19.9 Å². The zero-order valence-corrected chi connectivity index (χ0v) is 13.1. The summed E-state index contributed by atoms with van der Waals surface area (Å²) in [7, 11) is 0. The van der Waals surface area contributed by atoms with Gasteiger partial charge in [0.15, 0.2) is 5.82 Å². The molecule has 0 fully saturated rings. The molecular formula is C11H9Cl3N4S. The van der Waals surface area contributed by atoms with E-state index in [1.165, 1.54) is 17.4 Å². The van der Waals surface area contributed by atoms with Crippen molar-refractivity contribution in [1.29, 1.82) is 0 Å². The van der Waals surface area contributed by atoms with Crippen LogP contribution in [0.15, 0.2) is 16.7 Å². The molecule has 0 aromatic carbocycles. The number of halogens is 3. The van der Waals surface area contributed by atoms with Crippen molar-refractivity contribution in [3.63, 3.8) is 0 Å². The van der Waals surface area contributed by atoms with Crippen molar-refractivity contribution in [3.8, 4) is 0 Å². The summed E-state index contributed by atoms with van der Waals surface area (Å²) in [6.07, 6.45) is 0. The summed E-state index contributed by atoms with van der Waals surface area (Å²) in [6, 6.07) is 1.52. The van der Waals surface area contributed by atoms with Crippen LogP contribution in [0.5, 0.6) is 0 Å². The van der Waals surface area contributed by atoms with E-state index in [2.05, 4.69) is 20.5 Å². The highest BCUT2D eigenvalue weighted by molar-refractivity contribution is 7.12. The number of aromatic nitrogens is 2. The minimum atomic E-state index is 0.176. The van der Waals surface area contributed by atoms with E-state index in [4.69, 9.17) is 34.8 Å². The molecule has 8 heteroatoms. The highest BCUT2D eigenvalue weighted by Crippen LogP contribution is 2.28. The molecule has 2 aromatic rings. The lowest BCUT2D eigenvalue weighted by atomic mass is 10.3. The molecule has 100 valence electrons. The number of thiazole rings is 1. The zero-order valence-electron chi connectivity index (χ0n) is 10.0. The van der Waals surface area contributed by atoms with Crippen molar-refractivity contribution in [1.82, 2.24) is 9.97 Å². The summed E-state index contributed by atoms with van der Waals surface area (Å²) in [5, 5.41) is 5.05. The molecule has 0 spiro atoms. The van der Waals surface area contributed by atoms with Crippen LogP contribution < -0.4 is 5.43 Å². The van der Waals surface area contributed by atoms with Crippen LogP contribution in [0.25, 0.3) is 0 Å². The van der Waals surface area contributed by atoms with Gasteiger partial charge in [0.05, 0.1) is 31.8 Å². The van der Waals surface area contributed by atoms with Gasteiger partial charge in [0.1, 0.15) is 5.15 Å². The standard InChI is InChI=1S/C11H9Cl3N4S/c1-5-9(19-4-15-5)6(2)17-18-11-8(13)3-7(12)10(14)16-11/h3-4H,1-2H3,(H,16,18)/b17-6+. The molecule has 1 N–H and O–H groups in total. The molecule has 0 bridgehead atoms. The second-order valence-corrected chi connectivity index (χ2v) is 5.69. The second kappa shape index (κ2) is 6.05. The molecule has 19 heavy (non-hydrogen) atoms. The van der Waals surface area contributed by atoms with Crippen molar-refractivity contribution in [2.45, 2.75) is 13.8 Å². The number of anilines is 1. The Morgan fingerprint density at radius 3 is 2.68 bits per heavy atom. The Balaban J connectivity index is 2.23. The number of pyridine rings is 1. The fourth-order valence-corrected chi connectivity index (χ4v) is 2.65. The second-order valence-electron chi connectivity index (χ2n) is 3.67. The lowest BCUT2D eigenvalue weighted by Gasteiger charge is -2.05. The van der Waals surface area contributed by atoms with Gasteiger partial charge in [0.25, 0.3) is 0 Å². The van der Waals surface area contributed by atoms with Gasteiger partial charge in [-0.25, -0.2) is 9.97 Å². The highest BCUT2D eigenvalue weighted by Gasteiger charge is 2.08. The van der Waals surface area contributed by atoms with Crippen LogP contribution in [0.4, 0.5) is 5.82 Å². The van der Waals surface area contributed by atoms with Crippen LogP contribution in [0.1, 0.15) is 17.5 Å². The maximum absolute atomic E-state index is 5.99. The van der Waals surface area contributed by atoms with E-state index < -0.39 is 0 Å². The smallest absolute Gasteiger partial charge is 0.166 e. The van der Waals surface area contributed by atoms with Gasteiger partial charge < -0.3 is 0 Å². The molecular weight excluding hydrogens is 327 g/mol. The molecule has 0 saturated heterocycles. The van der Waals surface area contributed by atoms with Gasteiger partial charge in [-0.15, -0.1) is 11.3 Å². The van der Waals surface area contributed by atoms with Crippen LogP contribution in [0.3, 0.4) is 0 Å². The van der Waals surface area contributed by atoms with Gasteiger partial charge in [0.2, 0.25) is 0 Å². The third-order valence-corrected chi connectivity index (χ3v) is 4.29. The molecule has 2 rings (SSSR count). The fourth-order valence-electron chi connectivity index (χ4n) is 1.36. The number of nitrogens with zero attached hydrogens (tertiary/aromatic N) is 3. The first-order chi connectivity index (χ1) is 8.99. The summed E-state index contributed by atoms with van der Waals surface area (Å²) in [5.74, 6) is 0.359. The maximum atomic E-state index is 5.99. The first kappa shape index (κ1) is 14.5. The monoisotopic (exact) mass is 334 g/mol. The van der Waals surface area contributed by atoms with Crippen molar-refractivity contribution >= 4 is 57.7 Å². The molecule has 0 unspecified atom stereocenters. The van der Waals surface area contributed by atoms with Gasteiger partial charge in [-0.1, -0.05) is 34.8 Å². The van der Waals surface area contributed by atoms with E-state index in [9.17, 15) is 0 Å². The Morgan fingerprint density at radius 2 is 2.05 bits per heavy atom. The highest BCUT2D eigenvalue weighted by atomic mass is 35.5. The topological polar surface area (TPSA) is 50.2 Å². The average Bonchev–Trinajstić information content (AvgIpc) is 2.78. The van der Waals surface area contributed by atoms with Crippen LogP contribution in [0.2, 0.25) is 15.2 Å². The van der Waals surface area contributed by atoms with Crippen molar-refractivity contribution in [2.24, 2.45) is 5.10 Å². The molecule has 0 atom stereocenters. The predicted molar refractivity (Wildman–Crippen MR) is 82.0 cm³/mol. The fraction of sp³-hybridized carbons (Fsp3) is 0.182. The number of hydrogen-bond donors (Lipinski definition) is 1. The van der Waals surface area contributed by atoms with Gasteiger partial charge in [-0.2, -0.15) is 5.10 Å². The number of hydrazone groups is 1. The number of aryl methyl sites for hydroxylation is 1. The minimum absolute atomic E-state index is 0.176. The van der Waals surface area contributed by atoms with E-state index in [1.807, 2.05) is 13.8 Å². The van der Waals surface area contributed by atoms with E-state index >= 15 is 0 Å². The summed E-state index contributed by atoms with van der Waals surface area (Å²) in [6.45, 7) is 3.80. The normalized spacial score (nSPS) is 11.7. The van der Waals surface area contributed by atoms with Crippen molar-refractivity contribution in [2.75, 3.05) is 5.43 Å². The van der Waals surface area contributed by atoms with Crippen molar-refractivity contribution < 1.29 is 0 Å². The number of nitrogens with one attached hydrogen (secondary N) is 1. The number of rotatable bonds is 3. The quantitative estimate of drug-likeness (QED) is 0.505. The van der Waals surface area contributed by atoms with Crippen LogP contribution in [0, 0.1) is 6.92 Å². The summed E-state index contributed by atoms with van der Waals surface area (Å²) in [4.78, 5) is 9.19. The lowest BCUT2D eigenvalue weighted by molar-refractivity contribution is 1.21. The van der Waals surface area contributed by atoms with E-state index in [-0.39, 0.29) is 5.15 Å². The van der Waals surface area contributed by atoms with Gasteiger partial charge in [0, 0.05) is 0 Å². The van der Waals surface area contributed by atoms with E-state index in [1.54, 1.807) is 5.51 Å². The lowest BCUT2D eigenvalue weighted by Crippen LogP contribution is -2.01. The molecule has 0 saturated carbocycles. The van der Waals surface area contributed by atoms with Gasteiger partial charge in [-0.3, -0.25) is 5.43 Å². The Bertz CT molecular complexity index is 639. The van der Waals surface area contributed by atoms with E-state index in [0.717, 1.165) is 16.3 Å². The van der Waals surface area contributed by atoms with Crippen LogP contribution in [-0.2, 0) is 0 Å². The van der Waals surface area contributed by atoms with E-state index in [0.29, 0.717) is 15.9 Å². The molecule has 2 heterocycles. The summed E-state index contributed by atoms with van der Waals surface area (Å²) < 4.78 is 0. The van der Waals surface area contributed by atoms with Crippen LogP contribution in [-0.4, -0.2) is 15.7 Å². The molecule has 0 aliphatic carbocycles. The van der Waals surface area contributed by atoms with Crippen molar-refractivity contribution in [3.05, 3.63) is 37.3 Å².